The highest BCUT2D eigenvalue weighted by Crippen LogP contribution is 2.14. The lowest BCUT2D eigenvalue weighted by Gasteiger charge is -2.09. The Kier molecular flexibility index (Phi) is 6.25. The fourth-order valence-corrected chi connectivity index (χ4v) is 2.37. The number of benzene rings is 2. The molecule has 0 saturated carbocycles. The minimum atomic E-state index is -0.236. The van der Waals surface area contributed by atoms with E-state index in [1.165, 1.54) is 0 Å². The van der Waals surface area contributed by atoms with Gasteiger partial charge in [0.25, 0.3) is 5.91 Å². The molecule has 0 aliphatic heterocycles. The summed E-state index contributed by atoms with van der Waals surface area (Å²) in [6, 6.07) is 20.6. The summed E-state index contributed by atoms with van der Waals surface area (Å²) in [6.07, 6.45) is 1.61. The van der Waals surface area contributed by atoms with E-state index in [9.17, 15) is 4.79 Å². The van der Waals surface area contributed by atoms with Gasteiger partial charge in [0.15, 0.2) is 6.61 Å². The number of hydrogen-bond acceptors (Lipinski definition) is 5. The molecular formula is C21H21N3O3. The fraction of sp³-hybridized carbons (Fsp3) is 0.143. The number of methoxy groups -OCH3 is 1. The first-order chi connectivity index (χ1) is 13.2. The van der Waals surface area contributed by atoms with Crippen molar-refractivity contribution in [3.05, 3.63) is 78.5 Å². The van der Waals surface area contributed by atoms with Crippen LogP contribution in [0.1, 0.15) is 5.56 Å². The lowest BCUT2D eigenvalue weighted by Crippen LogP contribution is -2.20. The van der Waals surface area contributed by atoms with E-state index >= 15 is 0 Å². The van der Waals surface area contributed by atoms with E-state index in [0.29, 0.717) is 18.0 Å². The Balaban J connectivity index is 1.45. The van der Waals surface area contributed by atoms with Gasteiger partial charge in [0.1, 0.15) is 17.3 Å². The molecule has 0 fully saturated rings. The average molecular weight is 363 g/mol. The van der Waals surface area contributed by atoms with Crippen molar-refractivity contribution in [1.82, 2.24) is 4.98 Å². The van der Waals surface area contributed by atoms with Gasteiger partial charge in [-0.1, -0.05) is 30.3 Å². The zero-order valence-electron chi connectivity index (χ0n) is 15.0. The molecule has 0 aliphatic rings. The molecule has 2 N–H and O–H groups in total. The van der Waals surface area contributed by atoms with Crippen molar-refractivity contribution in [2.75, 3.05) is 24.4 Å². The van der Waals surface area contributed by atoms with Crippen LogP contribution in [0.2, 0.25) is 0 Å². The number of hydrogen-bond donors (Lipinski definition) is 2. The number of nitrogens with one attached hydrogen (secondary N) is 2. The Morgan fingerprint density at radius 1 is 0.963 bits per heavy atom. The number of amides is 1. The smallest absolute Gasteiger partial charge is 0.262 e. The van der Waals surface area contributed by atoms with Crippen LogP contribution in [0.25, 0.3) is 0 Å². The predicted octanol–water partition coefficient (Wildman–Crippen LogP) is 3.72. The number of anilines is 2. The average Bonchev–Trinajstić information content (AvgIpc) is 2.73. The molecule has 6 nitrogen and oxygen atoms in total. The molecular weight excluding hydrogens is 342 g/mol. The van der Waals surface area contributed by atoms with E-state index in [-0.39, 0.29) is 12.5 Å². The van der Waals surface area contributed by atoms with Crippen LogP contribution in [-0.4, -0.2) is 24.6 Å². The van der Waals surface area contributed by atoms with Gasteiger partial charge in [0.05, 0.1) is 19.0 Å². The number of nitrogens with zero attached hydrogens (tertiary/aromatic N) is 1. The lowest BCUT2D eigenvalue weighted by molar-refractivity contribution is -0.118. The van der Waals surface area contributed by atoms with Crippen molar-refractivity contribution in [2.45, 2.75) is 6.54 Å². The van der Waals surface area contributed by atoms with Gasteiger partial charge >= 0.3 is 0 Å². The number of aromatic nitrogens is 1. The van der Waals surface area contributed by atoms with Gasteiger partial charge in [-0.25, -0.2) is 4.98 Å². The van der Waals surface area contributed by atoms with Crippen LogP contribution in [0.4, 0.5) is 11.5 Å². The van der Waals surface area contributed by atoms with Crippen LogP contribution in [0.15, 0.2) is 72.9 Å². The van der Waals surface area contributed by atoms with Crippen molar-refractivity contribution < 1.29 is 14.3 Å². The Morgan fingerprint density at radius 2 is 1.74 bits per heavy atom. The lowest BCUT2D eigenvalue weighted by atomic mass is 10.2. The molecule has 6 heteroatoms. The van der Waals surface area contributed by atoms with Gasteiger partial charge in [-0.15, -0.1) is 0 Å². The van der Waals surface area contributed by atoms with Crippen LogP contribution in [0.5, 0.6) is 11.5 Å². The van der Waals surface area contributed by atoms with Crippen molar-refractivity contribution in [1.29, 1.82) is 0 Å². The first-order valence-corrected chi connectivity index (χ1v) is 8.53. The Bertz CT molecular complexity index is 850. The molecule has 3 rings (SSSR count). The van der Waals surface area contributed by atoms with E-state index in [1.54, 1.807) is 31.5 Å². The Hall–Kier alpha value is -3.54. The zero-order valence-corrected chi connectivity index (χ0v) is 15.0. The van der Waals surface area contributed by atoms with E-state index in [2.05, 4.69) is 15.6 Å². The molecule has 27 heavy (non-hydrogen) atoms. The number of carbonyl (C=O) groups is 1. The molecule has 0 unspecified atom stereocenters. The molecule has 0 bridgehead atoms. The normalized spacial score (nSPS) is 10.1. The van der Waals surface area contributed by atoms with Gasteiger partial charge in [-0.2, -0.15) is 0 Å². The second-order valence-electron chi connectivity index (χ2n) is 5.78. The van der Waals surface area contributed by atoms with Crippen LogP contribution in [-0.2, 0) is 11.3 Å². The van der Waals surface area contributed by atoms with Crippen LogP contribution in [0.3, 0.4) is 0 Å². The summed E-state index contributed by atoms with van der Waals surface area (Å²) in [5, 5.41) is 5.99. The van der Waals surface area contributed by atoms with Gasteiger partial charge < -0.3 is 20.1 Å². The minimum absolute atomic E-state index is 0.0541. The first kappa shape index (κ1) is 18.3. The molecule has 1 heterocycles. The highest BCUT2D eigenvalue weighted by molar-refractivity contribution is 5.91. The zero-order chi connectivity index (χ0) is 18.9. The molecule has 0 radical (unpaired) electrons. The standard InChI is InChI=1S/C21H21N3O3/c1-26-18-10-7-16(8-11-18)13-22-20-12-9-17(14-23-20)24-21(25)15-27-19-5-3-2-4-6-19/h2-12,14H,13,15H2,1H3,(H,22,23)(H,24,25). The highest BCUT2D eigenvalue weighted by Gasteiger charge is 2.04. The van der Waals surface area contributed by atoms with Crippen LogP contribution < -0.4 is 20.1 Å². The molecule has 1 aromatic heterocycles. The van der Waals surface area contributed by atoms with E-state index in [4.69, 9.17) is 9.47 Å². The number of pyridine rings is 1. The maximum absolute atomic E-state index is 11.9. The second kappa shape index (κ2) is 9.24. The summed E-state index contributed by atoms with van der Waals surface area (Å²) in [4.78, 5) is 16.3. The Morgan fingerprint density at radius 3 is 2.41 bits per heavy atom. The van der Waals surface area contributed by atoms with Gasteiger partial charge in [-0.05, 0) is 42.0 Å². The van der Waals surface area contributed by atoms with Gasteiger partial charge in [-0.3, -0.25) is 4.79 Å². The highest BCUT2D eigenvalue weighted by atomic mass is 16.5. The summed E-state index contributed by atoms with van der Waals surface area (Å²) in [5.41, 5.74) is 1.74. The summed E-state index contributed by atoms with van der Waals surface area (Å²) in [5.74, 6) is 1.97. The van der Waals surface area contributed by atoms with E-state index in [1.807, 2.05) is 48.5 Å². The van der Waals surface area contributed by atoms with Crippen LogP contribution >= 0.6 is 0 Å². The molecule has 1 amide bonds. The number of ether oxygens (including phenoxy) is 2. The van der Waals surface area contributed by atoms with E-state index < -0.39 is 0 Å². The molecule has 0 spiro atoms. The first-order valence-electron chi connectivity index (χ1n) is 8.53. The van der Waals surface area contributed by atoms with E-state index in [0.717, 1.165) is 17.1 Å². The molecule has 2 aromatic carbocycles. The predicted molar refractivity (Wildman–Crippen MR) is 105 cm³/mol. The molecule has 0 atom stereocenters. The maximum Gasteiger partial charge on any atom is 0.262 e. The molecule has 138 valence electrons. The third-order valence-corrected chi connectivity index (χ3v) is 3.79. The molecule has 0 saturated heterocycles. The third-order valence-electron chi connectivity index (χ3n) is 3.79. The Labute approximate surface area is 158 Å². The van der Waals surface area contributed by atoms with Crippen LogP contribution in [0, 0.1) is 0 Å². The van der Waals surface area contributed by atoms with Gasteiger partial charge in [0, 0.05) is 6.54 Å². The number of rotatable bonds is 8. The number of para-hydroxylation sites is 1. The van der Waals surface area contributed by atoms with Crippen molar-refractivity contribution >= 4 is 17.4 Å². The molecule has 0 aliphatic carbocycles. The largest absolute Gasteiger partial charge is 0.497 e. The summed E-state index contributed by atoms with van der Waals surface area (Å²) >= 11 is 0. The maximum atomic E-state index is 11.9. The van der Waals surface area contributed by atoms with Crippen molar-refractivity contribution in [3.63, 3.8) is 0 Å². The summed E-state index contributed by atoms with van der Waals surface area (Å²) < 4.78 is 10.6. The van der Waals surface area contributed by atoms with Gasteiger partial charge in [0.2, 0.25) is 0 Å². The SMILES string of the molecule is COc1ccc(CNc2ccc(NC(=O)COc3ccccc3)cn2)cc1. The number of carbonyl (C=O) groups excluding carboxylic acids is 1. The summed E-state index contributed by atoms with van der Waals surface area (Å²) in [7, 11) is 1.64. The van der Waals surface area contributed by atoms with Crippen molar-refractivity contribution in [3.8, 4) is 11.5 Å². The fourth-order valence-electron chi connectivity index (χ4n) is 2.37. The quantitative estimate of drug-likeness (QED) is 0.638. The topological polar surface area (TPSA) is 72.5 Å². The summed E-state index contributed by atoms with van der Waals surface area (Å²) in [6.45, 7) is 0.592. The third kappa shape index (κ3) is 5.74. The minimum Gasteiger partial charge on any atom is -0.497 e. The molecule has 3 aromatic rings. The monoisotopic (exact) mass is 363 g/mol. The second-order valence-corrected chi connectivity index (χ2v) is 5.78. The van der Waals surface area contributed by atoms with Crippen molar-refractivity contribution in [2.24, 2.45) is 0 Å².